The molecule has 21 heavy (non-hydrogen) atoms. The van der Waals surface area contributed by atoms with Crippen LogP contribution in [0.2, 0.25) is 0 Å². The van der Waals surface area contributed by atoms with Crippen LogP contribution in [0.5, 0.6) is 0 Å². The van der Waals surface area contributed by atoms with Gasteiger partial charge in [-0.05, 0) is 23.8 Å². The zero-order valence-electron chi connectivity index (χ0n) is 11.7. The maximum atomic E-state index is 11.9. The molecule has 2 atom stereocenters. The van der Waals surface area contributed by atoms with Crippen molar-refractivity contribution in [2.24, 2.45) is 11.8 Å². The lowest BCUT2D eigenvalue weighted by Crippen LogP contribution is -2.46. The molecule has 2 aliphatic rings. The highest BCUT2D eigenvalue weighted by Gasteiger charge is 2.65. The molecule has 1 amide bonds. The van der Waals surface area contributed by atoms with E-state index >= 15 is 0 Å². The SMILES string of the molecule is O=C(NC1(C(=O)O)CC1C1CCC1)OCc1ccccc1. The van der Waals surface area contributed by atoms with Gasteiger partial charge in [0, 0.05) is 0 Å². The van der Waals surface area contributed by atoms with Gasteiger partial charge in [0.25, 0.3) is 0 Å². The van der Waals surface area contributed by atoms with Gasteiger partial charge in [-0.25, -0.2) is 9.59 Å². The summed E-state index contributed by atoms with van der Waals surface area (Å²) in [5.74, 6) is -0.445. The van der Waals surface area contributed by atoms with Crippen molar-refractivity contribution >= 4 is 12.1 Å². The fourth-order valence-corrected chi connectivity index (χ4v) is 3.08. The third-order valence-electron chi connectivity index (χ3n) is 4.65. The molecule has 5 heteroatoms. The van der Waals surface area contributed by atoms with Gasteiger partial charge in [-0.15, -0.1) is 0 Å². The van der Waals surface area contributed by atoms with Gasteiger partial charge in [0.2, 0.25) is 0 Å². The van der Waals surface area contributed by atoms with Gasteiger partial charge in [0.05, 0.1) is 0 Å². The van der Waals surface area contributed by atoms with E-state index in [-0.39, 0.29) is 12.5 Å². The molecule has 0 saturated heterocycles. The fourth-order valence-electron chi connectivity index (χ4n) is 3.08. The zero-order chi connectivity index (χ0) is 14.9. The van der Waals surface area contributed by atoms with Crippen LogP contribution in [-0.2, 0) is 16.1 Å². The van der Waals surface area contributed by atoms with Crippen molar-refractivity contribution in [2.45, 2.75) is 37.8 Å². The van der Waals surface area contributed by atoms with Crippen LogP contribution in [0.4, 0.5) is 4.79 Å². The molecule has 2 unspecified atom stereocenters. The Morgan fingerprint density at radius 1 is 1.29 bits per heavy atom. The molecule has 0 radical (unpaired) electrons. The molecule has 2 fully saturated rings. The molecule has 3 rings (SSSR count). The number of carboxylic acids is 1. The Hall–Kier alpha value is -2.04. The van der Waals surface area contributed by atoms with Crippen LogP contribution in [0.15, 0.2) is 30.3 Å². The number of amides is 1. The van der Waals surface area contributed by atoms with Crippen LogP contribution in [0.25, 0.3) is 0 Å². The average Bonchev–Trinajstić information content (AvgIpc) is 3.11. The van der Waals surface area contributed by atoms with Crippen molar-refractivity contribution in [3.05, 3.63) is 35.9 Å². The zero-order valence-corrected chi connectivity index (χ0v) is 11.7. The average molecular weight is 289 g/mol. The number of nitrogens with one attached hydrogen (secondary N) is 1. The van der Waals surface area contributed by atoms with E-state index in [9.17, 15) is 14.7 Å². The maximum absolute atomic E-state index is 11.9. The summed E-state index contributed by atoms with van der Waals surface area (Å²) in [7, 11) is 0. The highest BCUT2D eigenvalue weighted by molar-refractivity contribution is 5.88. The number of carboxylic acid groups (broad SMARTS) is 1. The van der Waals surface area contributed by atoms with Crippen LogP contribution in [0.1, 0.15) is 31.2 Å². The van der Waals surface area contributed by atoms with Gasteiger partial charge in [-0.2, -0.15) is 0 Å². The summed E-state index contributed by atoms with van der Waals surface area (Å²) in [5.41, 5.74) is -0.220. The molecule has 2 saturated carbocycles. The molecular formula is C16H19NO4. The normalized spacial score (nSPS) is 27.5. The number of carbonyl (C=O) groups excluding carboxylic acids is 1. The van der Waals surface area contributed by atoms with Crippen molar-refractivity contribution in [1.82, 2.24) is 5.32 Å². The third-order valence-corrected chi connectivity index (χ3v) is 4.65. The number of rotatable bonds is 5. The fraction of sp³-hybridized carbons (Fsp3) is 0.500. The number of ether oxygens (including phenoxy) is 1. The summed E-state index contributed by atoms with van der Waals surface area (Å²) in [6, 6.07) is 9.32. The van der Waals surface area contributed by atoms with E-state index < -0.39 is 17.6 Å². The van der Waals surface area contributed by atoms with Gasteiger partial charge in [-0.3, -0.25) is 0 Å². The Labute approximate surface area is 123 Å². The van der Waals surface area contributed by atoms with Crippen molar-refractivity contribution in [3.63, 3.8) is 0 Å². The minimum absolute atomic E-state index is 0.0630. The van der Waals surface area contributed by atoms with Crippen molar-refractivity contribution in [2.75, 3.05) is 0 Å². The molecule has 0 heterocycles. The van der Waals surface area contributed by atoms with Gasteiger partial charge < -0.3 is 15.2 Å². The minimum Gasteiger partial charge on any atom is -0.479 e. The van der Waals surface area contributed by atoms with E-state index in [1.165, 1.54) is 0 Å². The summed E-state index contributed by atoms with van der Waals surface area (Å²) >= 11 is 0. The molecule has 0 aliphatic heterocycles. The highest BCUT2D eigenvalue weighted by atomic mass is 16.5. The van der Waals surface area contributed by atoms with Crippen molar-refractivity contribution < 1.29 is 19.4 Å². The maximum Gasteiger partial charge on any atom is 0.408 e. The van der Waals surface area contributed by atoms with Gasteiger partial charge in [-0.1, -0.05) is 49.6 Å². The van der Waals surface area contributed by atoms with E-state index in [0.717, 1.165) is 24.8 Å². The first-order valence-corrected chi connectivity index (χ1v) is 7.34. The predicted octanol–water partition coefficient (Wildman–Crippen LogP) is 2.56. The Balaban J connectivity index is 1.54. The molecule has 2 N–H and O–H groups in total. The van der Waals surface area contributed by atoms with Gasteiger partial charge >= 0.3 is 12.1 Å². The van der Waals surface area contributed by atoms with Gasteiger partial charge in [0.15, 0.2) is 0 Å². The smallest absolute Gasteiger partial charge is 0.408 e. The van der Waals surface area contributed by atoms with E-state index in [0.29, 0.717) is 12.3 Å². The van der Waals surface area contributed by atoms with Crippen LogP contribution < -0.4 is 5.32 Å². The first kappa shape index (κ1) is 13.9. The summed E-state index contributed by atoms with van der Waals surface area (Å²) in [5, 5.41) is 12.0. The topological polar surface area (TPSA) is 75.6 Å². The lowest BCUT2D eigenvalue weighted by atomic mass is 9.80. The molecule has 112 valence electrons. The Morgan fingerprint density at radius 2 is 2.00 bits per heavy atom. The largest absolute Gasteiger partial charge is 0.479 e. The van der Waals surface area contributed by atoms with E-state index in [1.807, 2.05) is 30.3 Å². The quantitative estimate of drug-likeness (QED) is 0.873. The highest BCUT2D eigenvalue weighted by Crippen LogP contribution is 2.54. The lowest BCUT2D eigenvalue weighted by Gasteiger charge is -2.27. The molecule has 5 nitrogen and oxygen atoms in total. The molecule has 0 bridgehead atoms. The first-order chi connectivity index (χ1) is 10.1. The molecular weight excluding hydrogens is 270 g/mol. The van der Waals surface area contributed by atoms with Crippen LogP contribution in [0.3, 0.4) is 0 Å². The number of alkyl carbamates (subject to hydrolysis) is 1. The van der Waals surface area contributed by atoms with E-state index in [2.05, 4.69) is 5.32 Å². The minimum atomic E-state index is -1.10. The summed E-state index contributed by atoms with van der Waals surface area (Å²) in [6.45, 7) is 0.149. The summed E-state index contributed by atoms with van der Waals surface area (Å²) in [4.78, 5) is 23.3. The Kier molecular flexibility index (Phi) is 3.57. The number of aliphatic carboxylic acids is 1. The molecule has 0 aromatic heterocycles. The van der Waals surface area contributed by atoms with E-state index in [4.69, 9.17) is 4.74 Å². The molecule has 2 aliphatic carbocycles. The number of hydrogen-bond donors (Lipinski definition) is 2. The second-order valence-electron chi connectivity index (χ2n) is 5.96. The Bertz CT molecular complexity index is 540. The lowest BCUT2D eigenvalue weighted by molar-refractivity contribution is -0.141. The Morgan fingerprint density at radius 3 is 2.57 bits per heavy atom. The van der Waals surface area contributed by atoms with Crippen molar-refractivity contribution in [3.8, 4) is 0 Å². The van der Waals surface area contributed by atoms with Crippen LogP contribution >= 0.6 is 0 Å². The standard InChI is InChI=1S/C16H19NO4/c18-14(19)16(9-13(16)12-7-4-8-12)17-15(20)21-10-11-5-2-1-3-6-11/h1-3,5-6,12-13H,4,7-10H2,(H,17,20)(H,18,19). The first-order valence-electron chi connectivity index (χ1n) is 7.34. The molecule has 1 aromatic rings. The van der Waals surface area contributed by atoms with Crippen molar-refractivity contribution in [1.29, 1.82) is 0 Å². The number of carbonyl (C=O) groups is 2. The monoisotopic (exact) mass is 289 g/mol. The summed E-state index contributed by atoms with van der Waals surface area (Å²) < 4.78 is 5.12. The van der Waals surface area contributed by atoms with Crippen LogP contribution in [-0.4, -0.2) is 22.7 Å². The second-order valence-corrected chi connectivity index (χ2v) is 5.96. The van der Waals surface area contributed by atoms with E-state index in [1.54, 1.807) is 0 Å². The predicted molar refractivity (Wildman–Crippen MR) is 75.6 cm³/mol. The third kappa shape index (κ3) is 2.73. The molecule has 0 spiro atoms. The summed E-state index contributed by atoms with van der Waals surface area (Å²) in [6.07, 6.45) is 3.17. The van der Waals surface area contributed by atoms with Crippen LogP contribution in [0, 0.1) is 11.8 Å². The number of hydrogen-bond acceptors (Lipinski definition) is 3. The number of benzene rings is 1. The van der Waals surface area contributed by atoms with Gasteiger partial charge in [0.1, 0.15) is 12.1 Å². The molecule has 1 aromatic carbocycles. The second kappa shape index (κ2) is 5.39.